The van der Waals surface area contributed by atoms with E-state index in [0.29, 0.717) is 0 Å². The second-order valence-corrected chi connectivity index (χ2v) is 5.73. The van der Waals surface area contributed by atoms with E-state index in [-0.39, 0.29) is 24.9 Å². The summed E-state index contributed by atoms with van der Waals surface area (Å²) in [7, 11) is 0. The van der Waals surface area contributed by atoms with Gasteiger partial charge in [0.05, 0.1) is 0 Å². The Morgan fingerprint density at radius 2 is 1.95 bits per heavy atom. The molecule has 2 nitrogen and oxygen atoms in total. The quantitative estimate of drug-likeness (QED) is 0.778. The van der Waals surface area contributed by atoms with E-state index in [9.17, 15) is 8.78 Å². The van der Waals surface area contributed by atoms with Crippen LogP contribution in [0.3, 0.4) is 0 Å². The van der Waals surface area contributed by atoms with Crippen LogP contribution in [0.15, 0.2) is 24.3 Å². The van der Waals surface area contributed by atoms with Gasteiger partial charge in [0.25, 0.3) is 0 Å². The third kappa shape index (κ3) is 5.13. The maximum absolute atomic E-state index is 12.8. The molecule has 108 valence electrons. The van der Waals surface area contributed by atoms with Gasteiger partial charge in [-0.2, -0.15) is 0 Å². The highest BCUT2D eigenvalue weighted by Crippen LogP contribution is 2.28. The van der Waals surface area contributed by atoms with Gasteiger partial charge in [-0.25, -0.2) is 8.78 Å². The molecule has 0 spiro atoms. The molecular weight excluding hydrogens is 385 g/mol. The van der Waals surface area contributed by atoms with E-state index < -0.39 is 6.43 Å². The van der Waals surface area contributed by atoms with Gasteiger partial charge < -0.3 is 5.32 Å². The molecule has 0 amide bonds. The van der Waals surface area contributed by atoms with E-state index in [1.54, 1.807) is 0 Å². The van der Waals surface area contributed by atoms with Crippen molar-refractivity contribution >= 4 is 35.0 Å². The van der Waals surface area contributed by atoms with E-state index in [2.05, 4.69) is 32.8 Å². The van der Waals surface area contributed by atoms with Crippen LogP contribution in [0.5, 0.6) is 0 Å². The van der Waals surface area contributed by atoms with E-state index in [1.807, 2.05) is 24.3 Å². The SMILES string of the molecule is Cl.FC(F)C[C@H](c1cccc(I)c1)N1CCNCC1. The molecule has 2 rings (SSSR count). The van der Waals surface area contributed by atoms with Crippen molar-refractivity contribution in [1.82, 2.24) is 10.2 Å². The normalized spacial score (nSPS) is 18.1. The number of hydrogen-bond acceptors (Lipinski definition) is 2. The summed E-state index contributed by atoms with van der Waals surface area (Å²) in [4.78, 5) is 2.16. The molecule has 1 aliphatic heterocycles. The zero-order valence-corrected chi connectivity index (χ0v) is 13.5. The Hall–Kier alpha value is 0.0200. The molecule has 0 radical (unpaired) electrons. The number of halogens is 4. The maximum Gasteiger partial charge on any atom is 0.240 e. The highest BCUT2D eigenvalue weighted by Gasteiger charge is 2.25. The van der Waals surface area contributed by atoms with Crippen LogP contribution >= 0.6 is 35.0 Å². The Labute approximate surface area is 132 Å². The first-order valence-electron chi connectivity index (χ1n) is 6.15. The van der Waals surface area contributed by atoms with E-state index in [4.69, 9.17) is 0 Å². The van der Waals surface area contributed by atoms with Crippen molar-refractivity contribution in [2.24, 2.45) is 0 Å². The molecule has 0 aromatic heterocycles. The van der Waals surface area contributed by atoms with Crippen molar-refractivity contribution in [3.8, 4) is 0 Å². The molecule has 1 aliphatic rings. The number of hydrogen-bond donors (Lipinski definition) is 1. The molecule has 1 saturated heterocycles. The van der Waals surface area contributed by atoms with Gasteiger partial charge in [0, 0.05) is 42.2 Å². The Bertz CT molecular complexity index is 387. The minimum Gasteiger partial charge on any atom is -0.314 e. The fourth-order valence-corrected chi connectivity index (χ4v) is 2.94. The molecule has 0 saturated carbocycles. The summed E-state index contributed by atoms with van der Waals surface area (Å²) in [5.74, 6) is 0. The second kappa shape index (κ2) is 8.34. The van der Waals surface area contributed by atoms with Gasteiger partial charge >= 0.3 is 0 Å². The molecule has 1 aromatic rings. The summed E-state index contributed by atoms with van der Waals surface area (Å²) >= 11 is 2.22. The van der Waals surface area contributed by atoms with E-state index >= 15 is 0 Å². The first-order valence-corrected chi connectivity index (χ1v) is 7.23. The molecule has 1 atom stereocenters. The number of benzene rings is 1. The lowest BCUT2D eigenvalue weighted by Crippen LogP contribution is -2.45. The van der Waals surface area contributed by atoms with Gasteiger partial charge in [0.15, 0.2) is 0 Å². The predicted octanol–water partition coefficient (Wildman–Crippen LogP) is 3.31. The number of nitrogens with zero attached hydrogens (tertiary/aromatic N) is 1. The second-order valence-electron chi connectivity index (χ2n) is 4.48. The van der Waals surface area contributed by atoms with Gasteiger partial charge in [-0.15, -0.1) is 12.4 Å². The average Bonchev–Trinajstić information content (AvgIpc) is 2.37. The fourth-order valence-electron chi connectivity index (χ4n) is 2.37. The highest BCUT2D eigenvalue weighted by atomic mass is 127. The van der Waals surface area contributed by atoms with Crippen LogP contribution in [0.25, 0.3) is 0 Å². The molecule has 1 fully saturated rings. The summed E-state index contributed by atoms with van der Waals surface area (Å²) in [5.41, 5.74) is 1.00. The standard InChI is InChI=1S/C13H17F2IN2.ClH/c14-13(15)9-12(18-6-4-17-5-7-18)10-2-1-3-11(16)8-10;/h1-3,8,12-13,17H,4-7,9H2;1H/t12-;/m1./s1. The Balaban J connectivity index is 0.00000180. The van der Waals surface area contributed by atoms with E-state index in [1.165, 1.54) is 0 Å². The van der Waals surface area contributed by atoms with Crippen molar-refractivity contribution in [2.45, 2.75) is 18.9 Å². The van der Waals surface area contributed by atoms with Crippen LogP contribution in [-0.2, 0) is 0 Å². The number of piperazine rings is 1. The summed E-state index contributed by atoms with van der Waals surface area (Å²) in [6.07, 6.45) is -2.34. The highest BCUT2D eigenvalue weighted by molar-refractivity contribution is 14.1. The average molecular weight is 403 g/mol. The fraction of sp³-hybridized carbons (Fsp3) is 0.538. The lowest BCUT2D eigenvalue weighted by atomic mass is 10.0. The third-order valence-electron chi connectivity index (χ3n) is 3.23. The molecule has 0 unspecified atom stereocenters. The predicted molar refractivity (Wildman–Crippen MR) is 84.2 cm³/mol. The zero-order chi connectivity index (χ0) is 13.0. The summed E-state index contributed by atoms with van der Waals surface area (Å²) in [6.45, 7) is 3.43. The van der Waals surface area contributed by atoms with Gasteiger partial charge in [-0.05, 0) is 40.3 Å². The van der Waals surface area contributed by atoms with Crippen LogP contribution in [0.4, 0.5) is 8.78 Å². The molecule has 1 aromatic carbocycles. The molecule has 19 heavy (non-hydrogen) atoms. The monoisotopic (exact) mass is 402 g/mol. The minimum absolute atomic E-state index is 0. The Morgan fingerprint density at radius 1 is 1.26 bits per heavy atom. The Morgan fingerprint density at radius 3 is 2.53 bits per heavy atom. The number of rotatable bonds is 4. The van der Waals surface area contributed by atoms with E-state index in [0.717, 1.165) is 35.3 Å². The van der Waals surface area contributed by atoms with Gasteiger partial charge in [0.1, 0.15) is 0 Å². The molecule has 6 heteroatoms. The van der Waals surface area contributed by atoms with Crippen LogP contribution in [0.1, 0.15) is 18.0 Å². The third-order valence-corrected chi connectivity index (χ3v) is 3.90. The Kier molecular flexibility index (Phi) is 7.49. The van der Waals surface area contributed by atoms with Crippen LogP contribution in [0.2, 0.25) is 0 Å². The summed E-state index contributed by atoms with van der Waals surface area (Å²) in [6, 6.07) is 7.73. The first-order chi connectivity index (χ1) is 8.66. The zero-order valence-electron chi connectivity index (χ0n) is 10.5. The summed E-state index contributed by atoms with van der Waals surface area (Å²) in [5, 5.41) is 3.26. The van der Waals surface area contributed by atoms with Gasteiger partial charge in [-0.3, -0.25) is 4.90 Å². The van der Waals surface area contributed by atoms with Crippen molar-refractivity contribution in [3.63, 3.8) is 0 Å². The topological polar surface area (TPSA) is 15.3 Å². The van der Waals surface area contributed by atoms with Gasteiger partial charge in [-0.1, -0.05) is 12.1 Å². The minimum atomic E-state index is -2.26. The lowest BCUT2D eigenvalue weighted by molar-refractivity contribution is 0.0739. The van der Waals surface area contributed by atoms with Crippen LogP contribution < -0.4 is 5.32 Å². The lowest BCUT2D eigenvalue weighted by Gasteiger charge is -2.35. The van der Waals surface area contributed by atoms with Crippen molar-refractivity contribution in [2.75, 3.05) is 26.2 Å². The van der Waals surface area contributed by atoms with Crippen molar-refractivity contribution in [1.29, 1.82) is 0 Å². The number of nitrogens with one attached hydrogen (secondary N) is 1. The van der Waals surface area contributed by atoms with Crippen molar-refractivity contribution < 1.29 is 8.78 Å². The molecule has 1 N–H and O–H groups in total. The first kappa shape index (κ1) is 17.1. The molecular formula is C13H18ClF2IN2. The molecule has 0 aliphatic carbocycles. The summed E-state index contributed by atoms with van der Waals surface area (Å²) < 4.78 is 26.7. The molecule has 1 heterocycles. The van der Waals surface area contributed by atoms with Crippen LogP contribution in [0, 0.1) is 3.57 Å². The smallest absolute Gasteiger partial charge is 0.240 e. The van der Waals surface area contributed by atoms with Crippen molar-refractivity contribution in [3.05, 3.63) is 33.4 Å². The largest absolute Gasteiger partial charge is 0.314 e. The number of alkyl halides is 2. The van der Waals surface area contributed by atoms with Crippen LogP contribution in [-0.4, -0.2) is 37.5 Å². The van der Waals surface area contributed by atoms with Gasteiger partial charge in [0.2, 0.25) is 6.43 Å². The maximum atomic E-state index is 12.8. The molecule has 0 bridgehead atoms.